The van der Waals surface area contributed by atoms with Crippen LogP contribution in [0, 0.1) is 6.92 Å². The molecular weight excluding hydrogens is 298 g/mol. The van der Waals surface area contributed by atoms with Crippen LogP contribution in [-0.2, 0) is 7.05 Å². The molecule has 8 heteroatoms. The normalized spacial score (nSPS) is 11.2. The summed E-state index contributed by atoms with van der Waals surface area (Å²) in [4.78, 5) is 17.3. The average molecular weight is 311 g/mol. The van der Waals surface area contributed by atoms with E-state index < -0.39 is 5.63 Å². The number of benzene rings is 1. The van der Waals surface area contributed by atoms with Crippen molar-refractivity contribution in [1.29, 1.82) is 0 Å². The van der Waals surface area contributed by atoms with E-state index in [9.17, 15) is 9.90 Å². The van der Waals surface area contributed by atoms with E-state index in [2.05, 4.69) is 20.4 Å². The molecule has 1 aromatic carbocycles. The van der Waals surface area contributed by atoms with E-state index in [1.54, 1.807) is 32.2 Å². The van der Waals surface area contributed by atoms with Gasteiger partial charge in [-0.05, 0) is 24.3 Å². The molecule has 0 atom stereocenters. The standard InChI is InChI=1S/C15H13N5O3/c1-9-6-13(21)12(15(22)23-9)8-16-11-5-3-4-10(7-11)14-17-19-20(2)18-14/h3-8,21H,1-2H3. The maximum absolute atomic E-state index is 11.7. The van der Waals surface area contributed by atoms with E-state index in [-0.39, 0.29) is 11.3 Å². The summed E-state index contributed by atoms with van der Waals surface area (Å²) < 4.78 is 4.94. The van der Waals surface area contributed by atoms with Gasteiger partial charge in [-0.3, -0.25) is 4.99 Å². The molecule has 0 amide bonds. The molecular formula is C15H13N5O3. The first kappa shape index (κ1) is 14.6. The van der Waals surface area contributed by atoms with Gasteiger partial charge in [-0.2, -0.15) is 4.80 Å². The van der Waals surface area contributed by atoms with Crippen LogP contribution in [0.15, 0.2) is 44.5 Å². The summed E-state index contributed by atoms with van der Waals surface area (Å²) in [6.07, 6.45) is 1.27. The summed E-state index contributed by atoms with van der Waals surface area (Å²) in [5.74, 6) is 0.636. The third kappa shape index (κ3) is 3.15. The van der Waals surface area contributed by atoms with E-state index in [1.165, 1.54) is 17.1 Å². The third-order valence-electron chi connectivity index (χ3n) is 3.04. The number of aromatic nitrogens is 4. The van der Waals surface area contributed by atoms with Crippen molar-refractivity contribution in [2.24, 2.45) is 12.0 Å². The van der Waals surface area contributed by atoms with E-state index >= 15 is 0 Å². The lowest BCUT2D eigenvalue weighted by Gasteiger charge is -1.99. The number of aliphatic imine (C=N–C) groups is 1. The Balaban J connectivity index is 1.93. The molecule has 2 heterocycles. The SMILES string of the molecule is Cc1cc(O)c(C=Nc2cccc(-c3nnn(C)n3)c2)c(=O)o1. The Morgan fingerprint density at radius 3 is 2.87 bits per heavy atom. The highest BCUT2D eigenvalue weighted by Gasteiger charge is 2.08. The number of aryl methyl sites for hydroxylation is 2. The monoisotopic (exact) mass is 311 g/mol. The van der Waals surface area contributed by atoms with Crippen LogP contribution in [0.3, 0.4) is 0 Å². The number of nitrogens with zero attached hydrogens (tertiary/aromatic N) is 5. The predicted molar refractivity (Wildman–Crippen MR) is 82.9 cm³/mol. The number of hydrogen-bond donors (Lipinski definition) is 1. The van der Waals surface area contributed by atoms with Crippen molar-refractivity contribution in [3.05, 3.63) is 52.1 Å². The average Bonchev–Trinajstić information content (AvgIpc) is 2.93. The predicted octanol–water partition coefficient (Wildman–Crippen LogP) is 1.59. The van der Waals surface area contributed by atoms with Crippen molar-refractivity contribution in [2.45, 2.75) is 6.92 Å². The fourth-order valence-corrected chi connectivity index (χ4v) is 1.99. The maximum atomic E-state index is 11.7. The Morgan fingerprint density at radius 1 is 1.35 bits per heavy atom. The molecule has 0 radical (unpaired) electrons. The van der Waals surface area contributed by atoms with Gasteiger partial charge in [0.1, 0.15) is 17.1 Å². The number of aromatic hydroxyl groups is 1. The van der Waals surface area contributed by atoms with Gasteiger partial charge in [0.05, 0.1) is 12.7 Å². The van der Waals surface area contributed by atoms with Crippen LogP contribution in [0.5, 0.6) is 5.75 Å². The quantitative estimate of drug-likeness (QED) is 0.736. The van der Waals surface area contributed by atoms with Crippen LogP contribution < -0.4 is 5.63 Å². The molecule has 0 saturated carbocycles. The van der Waals surface area contributed by atoms with E-state index in [1.807, 2.05) is 6.07 Å². The minimum atomic E-state index is -0.641. The molecule has 0 saturated heterocycles. The Labute approximate surface area is 130 Å². The van der Waals surface area contributed by atoms with Crippen molar-refractivity contribution in [3.63, 3.8) is 0 Å². The van der Waals surface area contributed by atoms with E-state index in [0.29, 0.717) is 17.3 Å². The molecule has 0 spiro atoms. The highest BCUT2D eigenvalue weighted by Crippen LogP contribution is 2.21. The number of tetrazole rings is 1. The molecule has 1 N–H and O–H groups in total. The van der Waals surface area contributed by atoms with Crippen molar-refractivity contribution in [1.82, 2.24) is 20.2 Å². The highest BCUT2D eigenvalue weighted by molar-refractivity contribution is 5.84. The summed E-state index contributed by atoms with van der Waals surface area (Å²) in [6.45, 7) is 1.58. The van der Waals surface area contributed by atoms with Crippen LogP contribution >= 0.6 is 0 Å². The fourth-order valence-electron chi connectivity index (χ4n) is 1.99. The molecule has 2 aromatic heterocycles. The summed E-state index contributed by atoms with van der Waals surface area (Å²) in [7, 11) is 1.68. The summed E-state index contributed by atoms with van der Waals surface area (Å²) in [5.41, 5.74) is 0.680. The lowest BCUT2D eigenvalue weighted by molar-refractivity contribution is 0.433. The fraction of sp³-hybridized carbons (Fsp3) is 0.133. The smallest absolute Gasteiger partial charge is 0.348 e. The zero-order chi connectivity index (χ0) is 16.4. The van der Waals surface area contributed by atoms with Crippen LogP contribution in [0.1, 0.15) is 11.3 Å². The van der Waals surface area contributed by atoms with Crippen LogP contribution in [0.25, 0.3) is 11.4 Å². The van der Waals surface area contributed by atoms with Gasteiger partial charge in [0, 0.05) is 17.8 Å². The van der Waals surface area contributed by atoms with E-state index in [4.69, 9.17) is 4.42 Å². The maximum Gasteiger partial charge on any atom is 0.348 e. The minimum Gasteiger partial charge on any atom is -0.507 e. The lowest BCUT2D eigenvalue weighted by atomic mass is 10.2. The Bertz CT molecular complexity index is 942. The van der Waals surface area contributed by atoms with Gasteiger partial charge >= 0.3 is 5.63 Å². The zero-order valence-electron chi connectivity index (χ0n) is 12.5. The van der Waals surface area contributed by atoms with Gasteiger partial charge in [0.15, 0.2) is 0 Å². The van der Waals surface area contributed by atoms with E-state index in [0.717, 1.165) is 5.56 Å². The van der Waals surface area contributed by atoms with Gasteiger partial charge < -0.3 is 9.52 Å². The number of rotatable bonds is 3. The first-order valence-corrected chi connectivity index (χ1v) is 6.75. The molecule has 0 aliphatic rings. The summed E-state index contributed by atoms with van der Waals surface area (Å²) in [6, 6.07) is 8.48. The summed E-state index contributed by atoms with van der Waals surface area (Å²) in [5, 5.41) is 21.6. The van der Waals surface area contributed by atoms with Gasteiger partial charge in [-0.25, -0.2) is 4.79 Å². The Kier molecular flexibility index (Phi) is 3.71. The van der Waals surface area contributed by atoms with Crippen LogP contribution in [0.4, 0.5) is 5.69 Å². The molecule has 23 heavy (non-hydrogen) atoms. The Hall–Kier alpha value is -3.29. The molecule has 0 unspecified atom stereocenters. The molecule has 8 nitrogen and oxygen atoms in total. The molecule has 0 aliphatic carbocycles. The molecule has 0 fully saturated rings. The van der Waals surface area contributed by atoms with Crippen molar-refractivity contribution >= 4 is 11.9 Å². The second kappa shape index (κ2) is 5.84. The first-order valence-electron chi connectivity index (χ1n) is 6.75. The van der Waals surface area contributed by atoms with Gasteiger partial charge in [0.2, 0.25) is 5.82 Å². The second-order valence-corrected chi connectivity index (χ2v) is 4.85. The molecule has 116 valence electrons. The van der Waals surface area contributed by atoms with Crippen molar-refractivity contribution in [3.8, 4) is 17.1 Å². The lowest BCUT2D eigenvalue weighted by Crippen LogP contribution is -2.07. The minimum absolute atomic E-state index is 0.00127. The summed E-state index contributed by atoms with van der Waals surface area (Å²) >= 11 is 0. The second-order valence-electron chi connectivity index (χ2n) is 4.85. The van der Waals surface area contributed by atoms with Gasteiger partial charge in [0.25, 0.3) is 0 Å². The topological polar surface area (TPSA) is 106 Å². The number of hydrogen-bond acceptors (Lipinski definition) is 7. The van der Waals surface area contributed by atoms with Crippen molar-refractivity contribution in [2.75, 3.05) is 0 Å². The van der Waals surface area contributed by atoms with Gasteiger partial charge in [-0.15, -0.1) is 10.2 Å². The molecule has 3 rings (SSSR count). The largest absolute Gasteiger partial charge is 0.507 e. The van der Waals surface area contributed by atoms with Crippen molar-refractivity contribution < 1.29 is 9.52 Å². The molecule has 3 aromatic rings. The molecule has 0 bridgehead atoms. The molecule has 0 aliphatic heterocycles. The van der Waals surface area contributed by atoms with Crippen LogP contribution in [-0.4, -0.2) is 31.5 Å². The third-order valence-corrected chi connectivity index (χ3v) is 3.04. The van der Waals surface area contributed by atoms with Gasteiger partial charge in [-0.1, -0.05) is 12.1 Å². The van der Waals surface area contributed by atoms with Crippen LogP contribution in [0.2, 0.25) is 0 Å². The zero-order valence-corrected chi connectivity index (χ0v) is 12.5. The Morgan fingerprint density at radius 2 is 2.17 bits per heavy atom. The highest BCUT2D eigenvalue weighted by atomic mass is 16.4. The first-order chi connectivity index (χ1) is 11.0.